The Bertz CT molecular complexity index is 239. The van der Waals surface area contributed by atoms with Gasteiger partial charge in [-0.3, -0.25) is 0 Å². The molecule has 0 radical (unpaired) electrons. The second-order valence-corrected chi connectivity index (χ2v) is 4.64. The highest BCUT2D eigenvalue weighted by atomic mass is 16.7. The van der Waals surface area contributed by atoms with Crippen molar-refractivity contribution in [2.24, 2.45) is 0 Å². The number of rotatable bonds is 5. The lowest BCUT2D eigenvalue weighted by Crippen LogP contribution is -2.43. The van der Waals surface area contributed by atoms with Gasteiger partial charge in [-0.2, -0.15) is 0 Å². The molecule has 0 aliphatic carbocycles. The van der Waals surface area contributed by atoms with Crippen LogP contribution in [0.3, 0.4) is 0 Å². The van der Waals surface area contributed by atoms with Gasteiger partial charge in [0.1, 0.15) is 18.3 Å². The summed E-state index contributed by atoms with van der Waals surface area (Å²) in [5, 5.41) is 9.93. The molecule has 1 aliphatic rings. The first kappa shape index (κ1) is 13.6. The summed E-state index contributed by atoms with van der Waals surface area (Å²) in [5.41, 5.74) is 0. The second-order valence-electron chi connectivity index (χ2n) is 4.64. The smallest absolute Gasteiger partial charge is 0.163 e. The normalized spacial score (nSPS) is 28.0. The molecule has 3 atom stereocenters. The summed E-state index contributed by atoms with van der Waals surface area (Å²) in [5.74, 6) is -0.711. The molecule has 1 heterocycles. The Labute approximate surface area is 95.7 Å². The van der Waals surface area contributed by atoms with Crippen molar-refractivity contribution in [2.45, 2.75) is 57.9 Å². The zero-order chi connectivity index (χ0) is 12.3. The van der Waals surface area contributed by atoms with Gasteiger partial charge in [-0.1, -0.05) is 0 Å². The fraction of sp³-hybridized carbons (Fsp3) is 0.909. The van der Waals surface area contributed by atoms with Gasteiger partial charge in [-0.25, -0.2) is 0 Å². The van der Waals surface area contributed by atoms with Gasteiger partial charge >= 0.3 is 0 Å². The summed E-state index contributed by atoms with van der Waals surface area (Å²) in [6.45, 7) is 7.40. The first-order valence-electron chi connectivity index (χ1n) is 5.46. The summed E-state index contributed by atoms with van der Waals surface area (Å²) in [6.07, 6.45) is -1.92. The van der Waals surface area contributed by atoms with Crippen molar-refractivity contribution in [2.75, 3.05) is 6.61 Å². The van der Waals surface area contributed by atoms with Gasteiger partial charge in [0.25, 0.3) is 0 Å². The number of aliphatic hydroxyl groups is 1. The minimum absolute atomic E-state index is 0.125. The summed E-state index contributed by atoms with van der Waals surface area (Å²) in [4.78, 5) is 10.8. The van der Waals surface area contributed by atoms with Gasteiger partial charge in [-0.15, -0.1) is 0 Å². The first-order valence-corrected chi connectivity index (χ1v) is 5.46. The zero-order valence-electron chi connectivity index (χ0n) is 10.2. The lowest BCUT2D eigenvalue weighted by atomic mass is 10.1. The Morgan fingerprint density at radius 1 is 1.50 bits per heavy atom. The molecule has 94 valence electrons. The van der Waals surface area contributed by atoms with Crippen molar-refractivity contribution in [3.63, 3.8) is 0 Å². The van der Waals surface area contributed by atoms with E-state index in [1.54, 1.807) is 27.7 Å². The van der Waals surface area contributed by atoms with E-state index < -0.39 is 24.1 Å². The van der Waals surface area contributed by atoms with Crippen LogP contribution in [0, 0.1) is 0 Å². The van der Waals surface area contributed by atoms with E-state index in [1.807, 2.05) is 0 Å². The molecule has 0 spiro atoms. The Hall–Kier alpha value is -0.490. The van der Waals surface area contributed by atoms with E-state index in [1.165, 1.54) is 0 Å². The molecule has 5 heteroatoms. The maximum absolute atomic E-state index is 10.8. The molecular weight excluding hydrogens is 212 g/mol. The molecule has 1 N–H and O–H groups in total. The van der Waals surface area contributed by atoms with E-state index in [0.717, 1.165) is 0 Å². The van der Waals surface area contributed by atoms with Gasteiger partial charge in [0.05, 0.1) is 12.7 Å². The van der Waals surface area contributed by atoms with Gasteiger partial charge in [0.15, 0.2) is 12.1 Å². The molecule has 0 aromatic heterocycles. The number of carbonyl (C=O) groups is 1. The highest BCUT2D eigenvalue weighted by Gasteiger charge is 2.40. The number of ether oxygens (including phenoxy) is 3. The van der Waals surface area contributed by atoms with Crippen LogP contribution in [0.2, 0.25) is 0 Å². The van der Waals surface area contributed by atoms with Crippen molar-refractivity contribution < 1.29 is 24.1 Å². The topological polar surface area (TPSA) is 65.0 Å². The Kier molecular flexibility index (Phi) is 4.43. The van der Waals surface area contributed by atoms with Crippen LogP contribution in [-0.2, 0) is 19.0 Å². The molecule has 5 nitrogen and oxygen atoms in total. The third-order valence-electron chi connectivity index (χ3n) is 2.31. The molecule has 16 heavy (non-hydrogen) atoms. The van der Waals surface area contributed by atoms with E-state index in [4.69, 9.17) is 14.2 Å². The molecule has 1 rings (SSSR count). The van der Waals surface area contributed by atoms with E-state index in [9.17, 15) is 9.90 Å². The number of hydrogen-bond acceptors (Lipinski definition) is 5. The Morgan fingerprint density at radius 2 is 2.12 bits per heavy atom. The maximum atomic E-state index is 10.8. The number of carbonyl (C=O) groups excluding carboxylic acids is 1. The molecule has 0 aromatic rings. The summed E-state index contributed by atoms with van der Waals surface area (Å²) < 4.78 is 16.1. The summed E-state index contributed by atoms with van der Waals surface area (Å²) >= 11 is 0. The SMILES string of the molecule is CC(C)O[C@@H](C=O)[C@@H](O)[C@H]1COC(C)(C)O1. The fourth-order valence-electron chi connectivity index (χ4n) is 1.60. The monoisotopic (exact) mass is 232 g/mol. The van der Waals surface area contributed by atoms with E-state index in [2.05, 4.69) is 0 Å². The van der Waals surface area contributed by atoms with Crippen LogP contribution in [-0.4, -0.2) is 48.2 Å². The Balaban J connectivity index is 2.55. The predicted octanol–water partition coefficient (Wildman–Crippen LogP) is 0.491. The van der Waals surface area contributed by atoms with Gasteiger partial charge in [-0.05, 0) is 27.7 Å². The molecule has 0 saturated carbocycles. The van der Waals surface area contributed by atoms with Crippen LogP contribution in [0.4, 0.5) is 0 Å². The molecule has 0 aromatic carbocycles. The number of aliphatic hydroxyl groups excluding tert-OH is 1. The third-order valence-corrected chi connectivity index (χ3v) is 2.31. The van der Waals surface area contributed by atoms with Crippen LogP contribution in [0.1, 0.15) is 27.7 Å². The molecule has 1 saturated heterocycles. The van der Waals surface area contributed by atoms with Crippen LogP contribution in [0.25, 0.3) is 0 Å². The summed E-state index contributed by atoms with van der Waals surface area (Å²) in [7, 11) is 0. The van der Waals surface area contributed by atoms with Crippen molar-refractivity contribution in [1.29, 1.82) is 0 Å². The second kappa shape index (κ2) is 5.23. The maximum Gasteiger partial charge on any atom is 0.163 e. The van der Waals surface area contributed by atoms with Crippen molar-refractivity contribution in [1.82, 2.24) is 0 Å². The molecular formula is C11H20O5. The van der Waals surface area contributed by atoms with E-state index >= 15 is 0 Å². The highest BCUT2D eigenvalue weighted by Crippen LogP contribution is 2.25. The molecule has 1 fully saturated rings. The number of hydrogen-bond donors (Lipinski definition) is 1. The van der Waals surface area contributed by atoms with Gasteiger partial charge < -0.3 is 24.1 Å². The van der Waals surface area contributed by atoms with Gasteiger partial charge in [0, 0.05) is 0 Å². The largest absolute Gasteiger partial charge is 0.387 e. The van der Waals surface area contributed by atoms with Crippen LogP contribution in [0.5, 0.6) is 0 Å². The van der Waals surface area contributed by atoms with Crippen molar-refractivity contribution in [3.05, 3.63) is 0 Å². The average Bonchev–Trinajstić information content (AvgIpc) is 2.54. The first-order chi connectivity index (χ1) is 7.35. The van der Waals surface area contributed by atoms with Gasteiger partial charge in [0.2, 0.25) is 0 Å². The van der Waals surface area contributed by atoms with Crippen LogP contribution in [0.15, 0.2) is 0 Å². The average molecular weight is 232 g/mol. The van der Waals surface area contributed by atoms with Crippen molar-refractivity contribution in [3.8, 4) is 0 Å². The Morgan fingerprint density at radius 3 is 2.50 bits per heavy atom. The lowest BCUT2D eigenvalue weighted by molar-refractivity contribution is -0.169. The standard InChI is InChI=1S/C11H20O5/c1-7(2)15-8(5-12)10(13)9-6-14-11(3,4)16-9/h5,7-10,13H,6H2,1-4H3/t8-,9+,10+/m0/s1. The van der Waals surface area contributed by atoms with E-state index in [0.29, 0.717) is 6.29 Å². The van der Waals surface area contributed by atoms with Crippen LogP contribution >= 0.6 is 0 Å². The number of aldehydes is 1. The predicted molar refractivity (Wildman–Crippen MR) is 57.0 cm³/mol. The molecule has 0 unspecified atom stereocenters. The third kappa shape index (κ3) is 3.52. The minimum atomic E-state index is -0.998. The zero-order valence-corrected chi connectivity index (χ0v) is 10.2. The molecule has 0 amide bonds. The highest BCUT2D eigenvalue weighted by molar-refractivity contribution is 5.57. The molecule has 0 bridgehead atoms. The molecule has 1 aliphatic heterocycles. The summed E-state index contributed by atoms with van der Waals surface area (Å²) in [6, 6.07) is 0. The lowest BCUT2D eigenvalue weighted by Gasteiger charge is -2.25. The van der Waals surface area contributed by atoms with E-state index in [-0.39, 0.29) is 12.7 Å². The quantitative estimate of drug-likeness (QED) is 0.699. The van der Waals surface area contributed by atoms with Crippen molar-refractivity contribution >= 4 is 6.29 Å². The fourth-order valence-corrected chi connectivity index (χ4v) is 1.60. The van der Waals surface area contributed by atoms with Crippen LogP contribution < -0.4 is 0 Å². The minimum Gasteiger partial charge on any atom is -0.387 e.